The Kier molecular flexibility index (Phi) is 4.01. The van der Waals surface area contributed by atoms with Crippen molar-refractivity contribution in [1.82, 2.24) is 5.32 Å². The van der Waals surface area contributed by atoms with Crippen LogP contribution in [0.25, 0.3) is 0 Å². The third-order valence-electron chi connectivity index (χ3n) is 8.42. The highest BCUT2D eigenvalue weighted by atomic mass is 15.3. The fourth-order valence-corrected chi connectivity index (χ4v) is 7.13. The molecule has 0 fully saturated rings. The fourth-order valence-electron chi connectivity index (χ4n) is 7.13. The Hall–Kier alpha value is -3.98. The SMILES string of the molecule is C1=CC2NC3=C(C2C=C1)C1C(C=C3)C2=C(C3C=CC=CC3N2c2ccccc2)N1c1ccccc1. The van der Waals surface area contributed by atoms with Crippen molar-refractivity contribution in [3.05, 3.63) is 144 Å². The molecule has 1 N–H and O–H groups in total. The van der Waals surface area contributed by atoms with Crippen molar-refractivity contribution in [3.63, 3.8) is 0 Å². The van der Waals surface area contributed by atoms with Gasteiger partial charge in [-0.2, -0.15) is 0 Å². The van der Waals surface area contributed by atoms with E-state index in [1.165, 1.54) is 34.0 Å². The molecule has 3 heteroatoms. The first-order valence-electron chi connectivity index (χ1n) is 12.7. The van der Waals surface area contributed by atoms with Gasteiger partial charge in [-0.05, 0) is 35.9 Å². The minimum Gasteiger partial charge on any atom is -0.378 e. The summed E-state index contributed by atoms with van der Waals surface area (Å²) >= 11 is 0. The number of nitrogens with zero attached hydrogens (tertiary/aromatic N) is 2. The van der Waals surface area contributed by atoms with Gasteiger partial charge in [-0.3, -0.25) is 0 Å². The number of para-hydroxylation sites is 2. The Labute approximate surface area is 206 Å². The third kappa shape index (κ3) is 2.61. The maximum absolute atomic E-state index is 3.82. The Morgan fingerprint density at radius 1 is 0.571 bits per heavy atom. The molecular weight excluding hydrogens is 426 g/mol. The van der Waals surface area contributed by atoms with Gasteiger partial charge in [0.15, 0.2) is 0 Å². The second-order valence-electron chi connectivity index (χ2n) is 10.1. The van der Waals surface area contributed by atoms with Crippen LogP contribution >= 0.6 is 0 Å². The number of hydrogen-bond acceptors (Lipinski definition) is 3. The molecule has 3 aliphatic carbocycles. The number of allylic oxidation sites excluding steroid dienone is 5. The summed E-state index contributed by atoms with van der Waals surface area (Å²) in [6.45, 7) is 0. The van der Waals surface area contributed by atoms with Crippen molar-refractivity contribution in [2.75, 3.05) is 9.80 Å². The van der Waals surface area contributed by atoms with E-state index in [-0.39, 0.29) is 6.04 Å². The van der Waals surface area contributed by atoms with Crippen LogP contribution in [0.4, 0.5) is 11.4 Å². The summed E-state index contributed by atoms with van der Waals surface area (Å²) in [4.78, 5) is 5.30. The lowest BCUT2D eigenvalue weighted by atomic mass is 9.78. The molecule has 35 heavy (non-hydrogen) atoms. The highest BCUT2D eigenvalue weighted by Crippen LogP contribution is 2.56. The number of fused-ring (bicyclic) bond motifs is 7. The Balaban J connectivity index is 1.35. The van der Waals surface area contributed by atoms with Crippen LogP contribution in [0.1, 0.15) is 0 Å². The Morgan fingerprint density at radius 3 is 1.97 bits per heavy atom. The van der Waals surface area contributed by atoms with Gasteiger partial charge in [0, 0.05) is 46.2 Å². The molecule has 3 nitrogen and oxygen atoms in total. The van der Waals surface area contributed by atoms with Crippen LogP contribution in [-0.2, 0) is 0 Å². The molecule has 0 saturated heterocycles. The molecule has 2 aromatic rings. The van der Waals surface area contributed by atoms with E-state index in [2.05, 4.69) is 137 Å². The minimum absolute atomic E-state index is 0.271. The molecule has 0 bridgehead atoms. The van der Waals surface area contributed by atoms with Crippen molar-refractivity contribution >= 4 is 11.4 Å². The van der Waals surface area contributed by atoms with Crippen LogP contribution < -0.4 is 15.1 Å². The highest BCUT2D eigenvalue weighted by Gasteiger charge is 2.56. The predicted octanol–water partition coefficient (Wildman–Crippen LogP) is 5.87. The Morgan fingerprint density at radius 2 is 1.20 bits per heavy atom. The first-order chi connectivity index (χ1) is 17.4. The molecule has 2 aromatic carbocycles. The van der Waals surface area contributed by atoms with E-state index in [9.17, 15) is 0 Å². The summed E-state index contributed by atoms with van der Waals surface area (Å²) in [5.74, 6) is 1.02. The molecule has 170 valence electrons. The van der Waals surface area contributed by atoms with Crippen molar-refractivity contribution in [2.45, 2.75) is 18.1 Å². The van der Waals surface area contributed by atoms with Crippen LogP contribution in [-0.4, -0.2) is 18.1 Å². The second-order valence-corrected chi connectivity index (χ2v) is 10.1. The maximum Gasteiger partial charge on any atom is 0.0697 e. The molecule has 6 aliphatic rings. The van der Waals surface area contributed by atoms with Crippen molar-refractivity contribution in [1.29, 1.82) is 0 Å². The zero-order valence-corrected chi connectivity index (χ0v) is 19.4. The molecule has 0 saturated carbocycles. The normalized spacial score (nSPS) is 33.0. The Bertz CT molecular complexity index is 1410. The van der Waals surface area contributed by atoms with Crippen molar-refractivity contribution < 1.29 is 0 Å². The average Bonchev–Trinajstić information content (AvgIpc) is 3.57. The average molecular weight is 454 g/mol. The lowest BCUT2D eigenvalue weighted by molar-refractivity contribution is 0.527. The number of anilines is 2. The molecule has 0 spiro atoms. The van der Waals surface area contributed by atoms with Crippen LogP contribution in [0.15, 0.2) is 144 Å². The first-order valence-corrected chi connectivity index (χ1v) is 12.7. The van der Waals surface area contributed by atoms with Gasteiger partial charge in [-0.25, -0.2) is 0 Å². The van der Waals surface area contributed by atoms with Gasteiger partial charge in [0.05, 0.1) is 18.1 Å². The summed E-state index contributed by atoms with van der Waals surface area (Å²) in [6, 6.07) is 22.9. The maximum atomic E-state index is 3.82. The standard InChI is InChI=1S/C32H27N3/c1-3-11-21(12-4-1)34-28-18-10-8-16-24(28)31-32(34)25-19-20-27-29(23-15-7-9-17-26(23)33-27)30(25)35(31)22-13-5-2-6-14-22/h1-20,23-26,28,30,33H. The molecule has 0 amide bonds. The molecule has 8 rings (SSSR count). The van der Waals surface area contributed by atoms with Crippen LogP contribution in [0.3, 0.4) is 0 Å². The van der Waals surface area contributed by atoms with E-state index in [1.807, 2.05) is 0 Å². The van der Waals surface area contributed by atoms with Gasteiger partial charge >= 0.3 is 0 Å². The lowest BCUT2D eigenvalue weighted by Crippen LogP contribution is -2.45. The summed E-state index contributed by atoms with van der Waals surface area (Å²) < 4.78 is 0. The van der Waals surface area contributed by atoms with Gasteiger partial charge in [0.2, 0.25) is 0 Å². The largest absolute Gasteiger partial charge is 0.378 e. The summed E-state index contributed by atoms with van der Waals surface area (Å²) in [5, 5.41) is 3.82. The molecule has 0 aromatic heterocycles. The second kappa shape index (κ2) is 7.26. The number of hydrogen-bond donors (Lipinski definition) is 1. The van der Waals surface area contributed by atoms with Gasteiger partial charge < -0.3 is 15.1 Å². The summed E-state index contributed by atoms with van der Waals surface area (Å²) in [5.41, 5.74) is 8.31. The predicted molar refractivity (Wildman–Crippen MR) is 143 cm³/mol. The van der Waals surface area contributed by atoms with Crippen molar-refractivity contribution in [3.8, 4) is 0 Å². The van der Waals surface area contributed by atoms with E-state index < -0.39 is 0 Å². The first kappa shape index (κ1) is 19.3. The van der Waals surface area contributed by atoms with Gasteiger partial charge in [-0.15, -0.1) is 0 Å². The molecule has 6 atom stereocenters. The smallest absolute Gasteiger partial charge is 0.0697 e. The van der Waals surface area contributed by atoms with Gasteiger partial charge in [0.25, 0.3) is 0 Å². The van der Waals surface area contributed by atoms with Crippen LogP contribution in [0.2, 0.25) is 0 Å². The topological polar surface area (TPSA) is 18.5 Å². The third-order valence-corrected chi connectivity index (χ3v) is 8.42. The van der Waals surface area contributed by atoms with Gasteiger partial charge in [-0.1, -0.05) is 91.1 Å². The van der Waals surface area contributed by atoms with E-state index in [1.54, 1.807) is 0 Å². The number of rotatable bonds is 2. The molecule has 6 unspecified atom stereocenters. The van der Waals surface area contributed by atoms with Crippen LogP contribution in [0.5, 0.6) is 0 Å². The molecular formula is C32H27N3. The number of benzene rings is 2. The van der Waals surface area contributed by atoms with E-state index in [0.717, 1.165) is 0 Å². The van der Waals surface area contributed by atoms with Crippen LogP contribution in [0, 0.1) is 17.8 Å². The number of nitrogens with one attached hydrogen (secondary N) is 1. The minimum atomic E-state index is 0.271. The monoisotopic (exact) mass is 453 g/mol. The zero-order chi connectivity index (χ0) is 22.9. The molecule has 3 heterocycles. The highest BCUT2D eigenvalue weighted by molar-refractivity contribution is 5.74. The van der Waals surface area contributed by atoms with E-state index in [0.29, 0.717) is 29.8 Å². The fraction of sp³-hybridized carbons (Fsp3) is 0.188. The van der Waals surface area contributed by atoms with E-state index >= 15 is 0 Å². The van der Waals surface area contributed by atoms with E-state index in [4.69, 9.17) is 0 Å². The van der Waals surface area contributed by atoms with Crippen molar-refractivity contribution in [2.24, 2.45) is 17.8 Å². The zero-order valence-electron chi connectivity index (χ0n) is 19.4. The molecule has 3 aliphatic heterocycles. The molecule has 0 radical (unpaired) electrons. The summed E-state index contributed by atoms with van der Waals surface area (Å²) in [6.07, 6.45) is 23.2. The quantitative estimate of drug-likeness (QED) is 0.613. The summed E-state index contributed by atoms with van der Waals surface area (Å²) in [7, 11) is 0. The lowest BCUT2D eigenvalue weighted by Gasteiger charge is -2.41. The van der Waals surface area contributed by atoms with Gasteiger partial charge in [0.1, 0.15) is 0 Å².